The van der Waals surface area contributed by atoms with E-state index in [2.05, 4.69) is 39.8 Å². The molecule has 2 amide bonds. The van der Waals surface area contributed by atoms with Crippen LogP contribution in [0, 0.1) is 23.6 Å². The lowest BCUT2D eigenvalue weighted by Gasteiger charge is -2.40. The molecule has 2 aromatic rings. The summed E-state index contributed by atoms with van der Waals surface area (Å²) in [6, 6.07) is 17.8. The Labute approximate surface area is 225 Å². The molecule has 5 nitrogen and oxygen atoms in total. The Morgan fingerprint density at radius 2 is 1.61 bits per heavy atom. The lowest BCUT2D eigenvalue weighted by molar-refractivity contribution is -0.131. The van der Waals surface area contributed by atoms with Crippen molar-refractivity contribution in [3.63, 3.8) is 0 Å². The van der Waals surface area contributed by atoms with Gasteiger partial charge in [0.05, 0.1) is 12.5 Å². The molecule has 38 heavy (non-hydrogen) atoms. The molecule has 4 fully saturated rings. The van der Waals surface area contributed by atoms with E-state index in [-0.39, 0.29) is 42.1 Å². The Kier molecular flexibility index (Phi) is 7.51. The lowest BCUT2D eigenvalue weighted by atomic mass is 9.70. The molecular formula is C32H40FN3O2. The van der Waals surface area contributed by atoms with Crippen LogP contribution in [0.3, 0.4) is 0 Å². The van der Waals surface area contributed by atoms with E-state index < -0.39 is 0 Å². The highest BCUT2D eigenvalue weighted by Crippen LogP contribution is 2.50. The summed E-state index contributed by atoms with van der Waals surface area (Å²) >= 11 is 0. The second-order valence-corrected chi connectivity index (χ2v) is 12.1. The van der Waals surface area contributed by atoms with E-state index in [1.165, 1.54) is 49.8 Å². The summed E-state index contributed by atoms with van der Waals surface area (Å²) in [4.78, 5) is 28.5. The molecule has 6 atom stereocenters. The van der Waals surface area contributed by atoms with Gasteiger partial charge < -0.3 is 10.6 Å². The Morgan fingerprint density at radius 3 is 2.24 bits per heavy atom. The number of hydrogen-bond donors (Lipinski definition) is 2. The first kappa shape index (κ1) is 25.5. The van der Waals surface area contributed by atoms with Crippen molar-refractivity contribution in [1.29, 1.82) is 0 Å². The first-order valence-corrected chi connectivity index (χ1v) is 14.7. The van der Waals surface area contributed by atoms with Crippen LogP contribution in [0.5, 0.6) is 0 Å². The van der Waals surface area contributed by atoms with Gasteiger partial charge in [0.2, 0.25) is 11.8 Å². The first-order valence-electron chi connectivity index (χ1n) is 14.7. The van der Waals surface area contributed by atoms with Gasteiger partial charge in [0.15, 0.2) is 0 Å². The van der Waals surface area contributed by atoms with Crippen molar-refractivity contribution in [3.8, 4) is 0 Å². The third-order valence-electron chi connectivity index (χ3n) is 9.61. The number of fused-ring (bicyclic) bond motifs is 2. The van der Waals surface area contributed by atoms with Gasteiger partial charge >= 0.3 is 0 Å². The molecule has 2 saturated carbocycles. The zero-order valence-electron chi connectivity index (χ0n) is 22.2. The monoisotopic (exact) mass is 517 g/mol. The number of carbonyl (C=O) groups excluding carboxylic acids is 2. The number of nitrogens with zero attached hydrogens (tertiary/aromatic N) is 1. The van der Waals surface area contributed by atoms with Gasteiger partial charge in [-0.05, 0) is 92.9 Å². The molecule has 2 N–H and O–H groups in total. The minimum atomic E-state index is -0.280. The molecule has 2 aliphatic heterocycles. The predicted molar refractivity (Wildman–Crippen MR) is 146 cm³/mol. The number of amides is 2. The second kappa shape index (κ2) is 11.2. The Balaban J connectivity index is 1.03. The zero-order valence-corrected chi connectivity index (χ0v) is 22.2. The van der Waals surface area contributed by atoms with Crippen molar-refractivity contribution in [2.75, 3.05) is 6.54 Å². The average molecular weight is 518 g/mol. The van der Waals surface area contributed by atoms with Crippen molar-refractivity contribution in [2.45, 2.75) is 88.4 Å². The maximum Gasteiger partial charge on any atom is 0.224 e. The van der Waals surface area contributed by atoms with E-state index in [0.29, 0.717) is 18.0 Å². The van der Waals surface area contributed by atoms with Crippen LogP contribution in [-0.2, 0) is 16.0 Å². The zero-order chi connectivity index (χ0) is 26.1. The van der Waals surface area contributed by atoms with Crippen LogP contribution >= 0.6 is 0 Å². The van der Waals surface area contributed by atoms with Crippen molar-refractivity contribution in [3.05, 3.63) is 71.5 Å². The molecule has 2 aliphatic carbocycles. The number of benzene rings is 2. The fourth-order valence-corrected chi connectivity index (χ4v) is 7.33. The summed E-state index contributed by atoms with van der Waals surface area (Å²) in [5.41, 5.74) is 2.03. The van der Waals surface area contributed by atoms with Crippen LogP contribution in [0.25, 0.3) is 0 Å². The molecule has 6 heteroatoms. The van der Waals surface area contributed by atoms with Crippen LogP contribution in [0.4, 0.5) is 4.39 Å². The molecular weight excluding hydrogens is 477 g/mol. The van der Waals surface area contributed by atoms with Crippen LogP contribution < -0.4 is 10.6 Å². The summed E-state index contributed by atoms with van der Waals surface area (Å²) in [7, 11) is 0. The summed E-state index contributed by atoms with van der Waals surface area (Å²) in [5, 5.41) is 6.70. The van der Waals surface area contributed by atoms with Gasteiger partial charge in [-0.2, -0.15) is 0 Å². The molecule has 2 heterocycles. The number of piperidine rings is 1. The van der Waals surface area contributed by atoms with Gasteiger partial charge in [0, 0.05) is 30.6 Å². The quantitative estimate of drug-likeness (QED) is 0.458. The highest BCUT2D eigenvalue weighted by Gasteiger charge is 2.46. The SMILES string of the molecule is O=C(Cc1ccc(F)cc1)N[C@H]1C[C@H]2CC[C@@H](C1)N2CC[C@H](NC(=O)C1CCC1C1CC1)c1ccccc1. The normalized spacial score (nSPS) is 29.3. The number of hydrogen-bond acceptors (Lipinski definition) is 3. The first-order chi connectivity index (χ1) is 18.5. The second-order valence-electron chi connectivity index (χ2n) is 12.1. The summed E-state index contributed by atoms with van der Waals surface area (Å²) in [6.07, 6.45) is 10.4. The van der Waals surface area contributed by atoms with E-state index in [1.54, 1.807) is 12.1 Å². The van der Waals surface area contributed by atoms with Crippen LogP contribution in [0.2, 0.25) is 0 Å². The molecule has 4 aliphatic rings. The molecule has 2 saturated heterocycles. The smallest absolute Gasteiger partial charge is 0.224 e. The molecule has 6 rings (SSSR count). The van der Waals surface area contributed by atoms with Gasteiger partial charge in [-0.25, -0.2) is 4.39 Å². The van der Waals surface area contributed by atoms with Gasteiger partial charge in [-0.3, -0.25) is 14.5 Å². The number of nitrogens with one attached hydrogen (secondary N) is 2. The Bertz CT molecular complexity index is 1110. The van der Waals surface area contributed by atoms with Gasteiger partial charge in [0.25, 0.3) is 0 Å². The number of halogens is 1. The highest BCUT2D eigenvalue weighted by molar-refractivity contribution is 5.80. The molecule has 202 valence electrons. The Morgan fingerprint density at radius 1 is 0.895 bits per heavy atom. The van der Waals surface area contributed by atoms with E-state index >= 15 is 0 Å². The molecule has 0 spiro atoms. The minimum absolute atomic E-state index is 0.0156. The molecule has 2 bridgehead atoms. The third kappa shape index (κ3) is 5.80. The molecule has 2 aromatic carbocycles. The van der Waals surface area contributed by atoms with Crippen LogP contribution in [0.1, 0.15) is 75.0 Å². The van der Waals surface area contributed by atoms with E-state index in [4.69, 9.17) is 0 Å². The van der Waals surface area contributed by atoms with Gasteiger partial charge in [-0.1, -0.05) is 42.5 Å². The summed E-state index contributed by atoms with van der Waals surface area (Å²) in [5.74, 6) is 1.61. The van der Waals surface area contributed by atoms with Crippen molar-refractivity contribution in [1.82, 2.24) is 15.5 Å². The highest BCUT2D eigenvalue weighted by atomic mass is 19.1. The minimum Gasteiger partial charge on any atom is -0.353 e. The van der Waals surface area contributed by atoms with Gasteiger partial charge in [-0.15, -0.1) is 0 Å². The lowest BCUT2D eigenvalue weighted by Crippen LogP contribution is -2.51. The fraction of sp³-hybridized carbons (Fsp3) is 0.562. The topological polar surface area (TPSA) is 61.4 Å². The van der Waals surface area contributed by atoms with E-state index in [1.807, 2.05) is 6.07 Å². The maximum atomic E-state index is 13.3. The fourth-order valence-electron chi connectivity index (χ4n) is 7.33. The van der Waals surface area contributed by atoms with Crippen molar-refractivity contribution >= 4 is 11.8 Å². The van der Waals surface area contributed by atoms with Crippen molar-refractivity contribution in [2.24, 2.45) is 17.8 Å². The Hall–Kier alpha value is -2.73. The largest absolute Gasteiger partial charge is 0.353 e. The van der Waals surface area contributed by atoms with E-state index in [9.17, 15) is 14.0 Å². The van der Waals surface area contributed by atoms with Gasteiger partial charge in [0.1, 0.15) is 5.82 Å². The molecule has 0 aromatic heterocycles. The van der Waals surface area contributed by atoms with Crippen LogP contribution in [0.15, 0.2) is 54.6 Å². The van der Waals surface area contributed by atoms with Crippen molar-refractivity contribution < 1.29 is 14.0 Å². The number of rotatable bonds is 10. The maximum absolute atomic E-state index is 13.3. The number of carbonyl (C=O) groups is 2. The summed E-state index contributed by atoms with van der Waals surface area (Å²) in [6.45, 7) is 0.960. The molecule has 2 unspecified atom stereocenters. The summed E-state index contributed by atoms with van der Waals surface area (Å²) < 4.78 is 13.2. The standard InChI is InChI=1S/C32H40FN3O2/c33-24-10-6-21(7-11-24)18-31(37)34-25-19-26-12-13-27(20-25)36(26)17-16-30(23-4-2-1-3-5-23)35-32(38)29-15-14-28(29)22-8-9-22/h1-7,10-11,22,25-30H,8-9,12-20H2,(H,34,37)(H,35,38)/t25-,26+,27-,28?,29?,30-/m0/s1. The third-order valence-corrected chi connectivity index (χ3v) is 9.61. The van der Waals surface area contributed by atoms with Crippen LogP contribution in [-0.4, -0.2) is 41.4 Å². The predicted octanol–water partition coefficient (Wildman–Crippen LogP) is 5.16. The van der Waals surface area contributed by atoms with E-state index in [0.717, 1.165) is 43.7 Å². The molecule has 0 radical (unpaired) electrons. The average Bonchev–Trinajstić information content (AvgIpc) is 3.68.